The SMILES string of the molecule is CC1(C)CC(CN2CC=CC(Cl)=C2c2cc(F)ncc2Cl)CCO1. The Morgan fingerprint density at radius 3 is 2.96 bits per heavy atom. The molecule has 3 rings (SSSR count). The maximum atomic E-state index is 13.6. The van der Waals surface area contributed by atoms with Crippen molar-refractivity contribution < 1.29 is 9.13 Å². The molecule has 0 aliphatic carbocycles. The zero-order chi connectivity index (χ0) is 17.3. The van der Waals surface area contributed by atoms with Gasteiger partial charge >= 0.3 is 0 Å². The highest BCUT2D eigenvalue weighted by molar-refractivity contribution is 6.36. The highest BCUT2D eigenvalue weighted by Crippen LogP contribution is 2.36. The number of ether oxygens (including phenoxy) is 1. The monoisotopic (exact) mass is 370 g/mol. The van der Waals surface area contributed by atoms with Gasteiger partial charge in [-0.1, -0.05) is 29.3 Å². The molecule has 0 radical (unpaired) electrons. The maximum absolute atomic E-state index is 13.6. The summed E-state index contributed by atoms with van der Waals surface area (Å²) in [5.74, 6) is -0.0711. The smallest absolute Gasteiger partial charge is 0.213 e. The Hall–Kier alpha value is -1.10. The number of rotatable bonds is 3. The van der Waals surface area contributed by atoms with Crippen LogP contribution in [0.15, 0.2) is 29.4 Å². The van der Waals surface area contributed by atoms with Crippen LogP contribution in [0.4, 0.5) is 4.39 Å². The van der Waals surface area contributed by atoms with Crippen molar-refractivity contribution in [3.05, 3.63) is 46.0 Å². The van der Waals surface area contributed by atoms with Crippen molar-refractivity contribution in [3.63, 3.8) is 0 Å². The zero-order valence-electron chi connectivity index (χ0n) is 13.9. The molecule has 1 aromatic rings. The van der Waals surface area contributed by atoms with Gasteiger partial charge in [-0.2, -0.15) is 4.39 Å². The lowest BCUT2D eigenvalue weighted by Crippen LogP contribution is -2.39. The predicted molar refractivity (Wildman–Crippen MR) is 95.4 cm³/mol. The highest BCUT2D eigenvalue weighted by Gasteiger charge is 2.31. The van der Waals surface area contributed by atoms with Gasteiger partial charge in [0, 0.05) is 37.5 Å². The van der Waals surface area contributed by atoms with E-state index >= 15 is 0 Å². The number of allylic oxidation sites excluding steroid dienone is 2. The lowest BCUT2D eigenvalue weighted by atomic mass is 9.87. The third-order valence-corrected chi connectivity index (χ3v) is 5.09. The van der Waals surface area contributed by atoms with Gasteiger partial charge in [-0.25, -0.2) is 4.98 Å². The third kappa shape index (κ3) is 3.93. The summed E-state index contributed by atoms with van der Waals surface area (Å²) in [6, 6.07) is 1.35. The van der Waals surface area contributed by atoms with E-state index in [4.69, 9.17) is 27.9 Å². The molecule has 1 saturated heterocycles. The van der Waals surface area contributed by atoms with Gasteiger partial charge in [0.05, 0.1) is 21.4 Å². The van der Waals surface area contributed by atoms with E-state index in [9.17, 15) is 4.39 Å². The van der Waals surface area contributed by atoms with Crippen molar-refractivity contribution in [2.75, 3.05) is 19.7 Å². The van der Waals surface area contributed by atoms with Gasteiger partial charge in [-0.3, -0.25) is 0 Å². The van der Waals surface area contributed by atoms with Crippen LogP contribution in [0.1, 0.15) is 32.3 Å². The molecule has 1 fully saturated rings. The summed E-state index contributed by atoms with van der Waals surface area (Å²) in [5.41, 5.74) is 1.25. The summed E-state index contributed by atoms with van der Waals surface area (Å²) in [6.45, 7) is 6.56. The van der Waals surface area contributed by atoms with Crippen LogP contribution < -0.4 is 0 Å². The molecule has 0 saturated carbocycles. The number of nitrogens with zero attached hydrogens (tertiary/aromatic N) is 2. The van der Waals surface area contributed by atoms with E-state index in [1.54, 1.807) is 0 Å². The summed E-state index contributed by atoms with van der Waals surface area (Å²) < 4.78 is 19.4. The molecular formula is C18H21Cl2FN2O. The topological polar surface area (TPSA) is 25.4 Å². The third-order valence-electron chi connectivity index (χ3n) is 4.49. The first-order chi connectivity index (χ1) is 11.4. The first kappa shape index (κ1) is 17.7. The molecule has 0 spiro atoms. The van der Waals surface area contributed by atoms with Crippen molar-refractivity contribution in [2.45, 2.75) is 32.3 Å². The van der Waals surface area contributed by atoms with Gasteiger partial charge < -0.3 is 9.64 Å². The molecule has 3 heterocycles. The quantitative estimate of drug-likeness (QED) is 0.710. The number of pyridine rings is 1. The highest BCUT2D eigenvalue weighted by atomic mass is 35.5. The molecule has 1 atom stereocenters. The minimum absolute atomic E-state index is 0.108. The molecule has 2 aliphatic rings. The molecule has 130 valence electrons. The number of hydrogen-bond donors (Lipinski definition) is 0. The van der Waals surface area contributed by atoms with Gasteiger partial charge in [0.2, 0.25) is 5.95 Å². The van der Waals surface area contributed by atoms with E-state index in [1.807, 2.05) is 12.2 Å². The molecule has 3 nitrogen and oxygen atoms in total. The van der Waals surface area contributed by atoms with E-state index in [0.717, 1.165) is 38.2 Å². The minimum Gasteiger partial charge on any atom is -0.376 e. The van der Waals surface area contributed by atoms with Crippen LogP contribution in [0.2, 0.25) is 5.02 Å². The van der Waals surface area contributed by atoms with Crippen LogP contribution in [0.5, 0.6) is 0 Å². The summed E-state index contributed by atoms with van der Waals surface area (Å²) in [6.07, 6.45) is 7.18. The summed E-state index contributed by atoms with van der Waals surface area (Å²) in [4.78, 5) is 5.78. The fourth-order valence-electron chi connectivity index (χ4n) is 3.49. The molecule has 6 heteroatoms. The fourth-order valence-corrected chi connectivity index (χ4v) is 3.99. The first-order valence-corrected chi connectivity index (χ1v) is 8.88. The lowest BCUT2D eigenvalue weighted by molar-refractivity contribution is -0.0747. The van der Waals surface area contributed by atoms with Gasteiger partial charge in [-0.05, 0) is 38.7 Å². The van der Waals surface area contributed by atoms with Crippen LogP contribution in [0, 0.1) is 11.9 Å². The normalized spacial score (nSPS) is 23.7. The fraction of sp³-hybridized carbons (Fsp3) is 0.500. The number of aromatic nitrogens is 1. The van der Waals surface area contributed by atoms with Gasteiger partial charge in [0.1, 0.15) is 0 Å². The Kier molecular flexibility index (Phi) is 5.19. The van der Waals surface area contributed by atoms with Gasteiger partial charge in [0.15, 0.2) is 0 Å². The zero-order valence-corrected chi connectivity index (χ0v) is 15.4. The maximum Gasteiger partial charge on any atom is 0.213 e. The predicted octanol–water partition coefficient (Wildman–Crippen LogP) is 4.86. The minimum atomic E-state index is -0.562. The Bertz CT molecular complexity index is 688. The van der Waals surface area contributed by atoms with Gasteiger partial charge in [0.25, 0.3) is 0 Å². The Labute approximate surface area is 152 Å². The Morgan fingerprint density at radius 1 is 1.42 bits per heavy atom. The van der Waals surface area contributed by atoms with Crippen molar-refractivity contribution in [2.24, 2.45) is 5.92 Å². The van der Waals surface area contributed by atoms with Crippen LogP contribution in [-0.2, 0) is 4.74 Å². The molecule has 1 unspecified atom stereocenters. The van der Waals surface area contributed by atoms with Crippen LogP contribution >= 0.6 is 23.2 Å². The molecule has 24 heavy (non-hydrogen) atoms. The van der Waals surface area contributed by atoms with Crippen LogP contribution in [0.3, 0.4) is 0 Å². The van der Waals surface area contributed by atoms with E-state index in [0.29, 0.717) is 21.5 Å². The van der Waals surface area contributed by atoms with E-state index in [1.165, 1.54) is 12.3 Å². The second-order valence-corrected chi connectivity index (χ2v) is 7.77. The Morgan fingerprint density at radius 2 is 2.21 bits per heavy atom. The average Bonchev–Trinajstić information content (AvgIpc) is 2.49. The number of hydrogen-bond acceptors (Lipinski definition) is 3. The largest absolute Gasteiger partial charge is 0.376 e. The molecule has 0 aromatic carbocycles. The summed E-state index contributed by atoms with van der Waals surface area (Å²) in [5, 5.41) is 0.970. The molecule has 0 amide bonds. The summed E-state index contributed by atoms with van der Waals surface area (Å²) in [7, 11) is 0. The van der Waals surface area contributed by atoms with Crippen LogP contribution in [-0.4, -0.2) is 35.2 Å². The second kappa shape index (κ2) is 7.03. The van der Waals surface area contributed by atoms with Gasteiger partial charge in [-0.15, -0.1) is 0 Å². The van der Waals surface area contributed by atoms with E-state index in [2.05, 4.69) is 23.7 Å². The number of halogens is 3. The van der Waals surface area contributed by atoms with Crippen molar-refractivity contribution >= 4 is 28.9 Å². The van der Waals surface area contributed by atoms with Crippen molar-refractivity contribution in [1.29, 1.82) is 0 Å². The van der Waals surface area contributed by atoms with Crippen LogP contribution in [0.25, 0.3) is 5.70 Å². The molecule has 0 N–H and O–H groups in total. The molecular weight excluding hydrogens is 350 g/mol. The van der Waals surface area contributed by atoms with E-state index < -0.39 is 5.95 Å². The molecule has 2 aliphatic heterocycles. The van der Waals surface area contributed by atoms with Crippen molar-refractivity contribution in [1.82, 2.24) is 9.88 Å². The second-order valence-electron chi connectivity index (χ2n) is 6.96. The Balaban J connectivity index is 1.87. The molecule has 1 aromatic heterocycles. The van der Waals surface area contributed by atoms with E-state index in [-0.39, 0.29) is 5.60 Å². The summed E-state index contributed by atoms with van der Waals surface area (Å²) >= 11 is 12.7. The first-order valence-electron chi connectivity index (χ1n) is 8.12. The lowest BCUT2D eigenvalue weighted by Gasteiger charge is -2.39. The van der Waals surface area contributed by atoms with Crippen molar-refractivity contribution in [3.8, 4) is 0 Å². The standard InChI is InChI=1S/C18H21Cl2FN2O/c1-18(2)9-12(5-7-24-18)11-23-6-3-4-14(19)17(23)13-8-16(21)22-10-15(13)20/h3-4,8,10,12H,5-7,9,11H2,1-2H3. The average molecular weight is 371 g/mol. The molecule has 0 bridgehead atoms.